The first-order valence-corrected chi connectivity index (χ1v) is 6.50. The second kappa shape index (κ2) is 6.00. The highest BCUT2D eigenvalue weighted by Crippen LogP contribution is 2.28. The number of nitrogens with one attached hydrogen (secondary N) is 1. The molecule has 1 aromatic heterocycles. The highest BCUT2D eigenvalue weighted by molar-refractivity contribution is 5.38. The standard InChI is InChI=1S/C13H21N3O2/c1-9(2)8-18-12-7-11(14-3)15-13(16-12)10-5-4-6-17-10/h7,9-10H,4-6,8H2,1-3H3,(H,14,15,16). The molecule has 5 heteroatoms. The molecule has 1 N–H and O–H groups in total. The molecule has 0 spiro atoms. The summed E-state index contributed by atoms with van der Waals surface area (Å²) >= 11 is 0. The number of rotatable bonds is 5. The lowest BCUT2D eigenvalue weighted by atomic mass is 10.2. The van der Waals surface area contributed by atoms with Gasteiger partial charge in [0.1, 0.15) is 11.9 Å². The molecule has 0 radical (unpaired) electrons. The minimum absolute atomic E-state index is 0.0136. The van der Waals surface area contributed by atoms with E-state index in [0.29, 0.717) is 18.4 Å². The van der Waals surface area contributed by atoms with Gasteiger partial charge in [-0.2, -0.15) is 4.98 Å². The first-order chi connectivity index (χ1) is 8.69. The Hall–Kier alpha value is -1.36. The van der Waals surface area contributed by atoms with Crippen LogP contribution in [0.1, 0.15) is 38.6 Å². The molecule has 0 bridgehead atoms. The van der Waals surface area contributed by atoms with Gasteiger partial charge >= 0.3 is 0 Å². The van der Waals surface area contributed by atoms with Crippen LogP contribution in [0.5, 0.6) is 5.88 Å². The summed E-state index contributed by atoms with van der Waals surface area (Å²) in [5.74, 6) is 2.59. The van der Waals surface area contributed by atoms with E-state index in [-0.39, 0.29) is 6.10 Å². The van der Waals surface area contributed by atoms with E-state index >= 15 is 0 Å². The van der Waals surface area contributed by atoms with E-state index < -0.39 is 0 Å². The van der Waals surface area contributed by atoms with Gasteiger partial charge in [0.05, 0.1) is 6.61 Å². The van der Waals surface area contributed by atoms with E-state index in [4.69, 9.17) is 9.47 Å². The van der Waals surface area contributed by atoms with Crippen LogP contribution in [0.4, 0.5) is 5.82 Å². The summed E-state index contributed by atoms with van der Waals surface area (Å²) in [4.78, 5) is 8.87. The van der Waals surface area contributed by atoms with Crippen LogP contribution in [0.25, 0.3) is 0 Å². The highest BCUT2D eigenvalue weighted by atomic mass is 16.5. The average molecular weight is 251 g/mol. The Morgan fingerprint density at radius 3 is 2.94 bits per heavy atom. The van der Waals surface area contributed by atoms with Crippen molar-refractivity contribution in [1.29, 1.82) is 0 Å². The predicted molar refractivity (Wildman–Crippen MR) is 69.8 cm³/mol. The van der Waals surface area contributed by atoms with Crippen molar-refractivity contribution in [1.82, 2.24) is 9.97 Å². The van der Waals surface area contributed by atoms with E-state index in [1.54, 1.807) is 0 Å². The van der Waals surface area contributed by atoms with Crippen LogP contribution < -0.4 is 10.1 Å². The second-order valence-corrected chi connectivity index (χ2v) is 4.91. The Labute approximate surface area is 108 Å². The molecule has 0 saturated carbocycles. The summed E-state index contributed by atoms with van der Waals surface area (Å²) in [6.45, 7) is 5.67. The zero-order valence-electron chi connectivity index (χ0n) is 11.3. The first kappa shape index (κ1) is 13.1. The summed E-state index contributed by atoms with van der Waals surface area (Å²) in [7, 11) is 1.84. The molecule has 0 aromatic carbocycles. The lowest BCUT2D eigenvalue weighted by Gasteiger charge is -2.13. The molecule has 100 valence electrons. The van der Waals surface area contributed by atoms with Crippen LogP contribution in [0.2, 0.25) is 0 Å². The molecule has 1 atom stereocenters. The van der Waals surface area contributed by atoms with Crippen LogP contribution in [0.15, 0.2) is 6.07 Å². The van der Waals surface area contributed by atoms with Crippen molar-refractivity contribution in [2.75, 3.05) is 25.6 Å². The Kier molecular flexibility index (Phi) is 4.36. The van der Waals surface area contributed by atoms with Crippen molar-refractivity contribution in [3.63, 3.8) is 0 Å². The van der Waals surface area contributed by atoms with Gasteiger partial charge in [0, 0.05) is 19.7 Å². The fourth-order valence-corrected chi connectivity index (χ4v) is 1.82. The number of hydrogen-bond donors (Lipinski definition) is 1. The fourth-order valence-electron chi connectivity index (χ4n) is 1.82. The molecule has 2 rings (SSSR count). The van der Waals surface area contributed by atoms with E-state index in [0.717, 1.165) is 31.1 Å². The van der Waals surface area contributed by atoms with Crippen molar-refractivity contribution in [2.24, 2.45) is 5.92 Å². The maximum Gasteiger partial charge on any atom is 0.218 e. The second-order valence-electron chi connectivity index (χ2n) is 4.91. The Morgan fingerprint density at radius 1 is 1.50 bits per heavy atom. The molecule has 0 aliphatic carbocycles. The third kappa shape index (κ3) is 3.32. The molecule has 2 heterocycles. The minimum Gasteiger partial charge on any atom is -0.477 e. The monoisotopic (exact) mass is 251 g/mol. The number of nitrogens with zero attached hydrogens (tertiary/aromatic N) is 2. The molecule has 1 unspecified atom stereocenters. The quantitative estimate of drug-likeness (QED) is 0.871. The lowest BCUT2D eigenvalue weighted by Crippen LogP contribution is -2.10. The van der Waals surface area contributed by atoms with Crippen LogP contribution >= 0.6 is 0 Å². The number of ether oxygens (including phenoxy) is 2. The number of hydrogen-bond acceptors (Lipinski definition) is 5. The van der Waals surface area contributed by atoms with Crippen molar-refractivity contribution in [2.45, 2.75) is 32.8 Å². The summed E-state index contributed by atoms with van der Waals surface area (Å²) in [5.41, 5.74) is 0. The molecule has 1 aliphatic rings. The van der Waals surface area contributed by atoms with Gasteiger partial charge in [-0.05, 0) is 18.8 Å². The molecule has 1 fully saturated rings. The maximum absolute atomic E-state index is 5.66. The average Bonchev–Trinajstić information content (AvgIpc) is 2.89. The molecule has 1 aliphatic heterocycles. The van der Waals surface area contributed by atoms with Crippen LogP contribution in [-0.4, -0.2) is 30.2 Å². The van der Waals surface area contributed by atoms with Crippen LogP contribution in [-0.2, 0) is 4.74 Å². The third-order valence-electron chi connectivity index (χ3n) is 2.76. The smallest absolute Gasteiger partial charge is 0.218 e. The van der Waals surface area contributed by atoms with Gasteiger partial charge in [0.2, 0.25) is 5.88 Å². The van der Waals surface area contributed by atoms with Crippen molar-refractivity contribution in [3.8, 4) is 5.88 Å². The van der Waals surface area contributed by atoms with Gasteiger partial charge in [0.25, 0.3) is 0 Å². The predicted octanol–water partition coefficient (Wildman–Crippen LogP) is 2.40. The number of anilines is 1. The van der Waals surface area contributed by atoms with Gasteiger partial charge in [-0.3, -0.25) is 0 Å². The van der Waals surface area contributed by atoms with Crippen LogP contribution in [0.3, 0.4) is 0 Å². The van der Waals surface area contributed by atoms with Gasteiger partial charge < -0.3 is 14.8 Å². The molecule has 0 amide bonds. The van der Waals surface area contributed by atoms with Gasteiger partial charge in [0.15, 0.2) is 5.82 Å². The largest absolute Gasteiger partial charge is 0.477 e. The van der Waals surface area contributed by atoms with Crippen molar-refractivity contribution in [3.05, 3.63) is 11.9 Å². The van der Waals surface area contributed by atoms with Crippen molar-refractivity contribution >= 4 is 5.82 Å². The molecule has 1 saturated heterocycles. The Morgan fingerprint density at radius 2 is 2.33 bits per heavy atom. The normalized spacial score (nSPS) is 19.2. The van der Waals surface area contributed by atoms with E-state index in [2.05, 4.69) is 29.1 Å². The third-order valence-corrected chi connectivity index (χ3v) is 2.76. The van der Waals surface area contributed by atoms with Gasteiger partial charge in [-0.1, -0.05) is 13.8 Å². The highest BCUT2D eigenvalue weighted by Gasteiger charge is 2.21. The Balaban J connectivity index is 2.15. The molecule has 5 nitrogen and oxygen atoms in total. The SMILES string of the molecule is CNc1cc(OCC(C)C)nc(C2CCCO2)n1. The number of aromatic nitrogens is 2. The Bertz CT molecular complexity index is 390. The zero-order valence-corrected chi connectivity index (χ0v) is 11.3. The fraction of sp³-hybridized carbons (Fsp3) is 0.692. The first-order valence-electron chi connectivity index (χ1n) is 6.50. The van der Waals surface area contributed by atoms with Gasteiger partial charge in [-0.25, -0.2) is 4.98 Å². The minimum atomic E-state index is 0.0136. The summed E-state index contributed by atoms with van der Waals surface area (Å²) in [5, 5.41) is 3.03. The lowest BCUT2D eigenvalue weighted by molar-refractivity contribution is 0.104. The summed E-state index contributed by atoms with van der Waals surface area (Å²) in [6.07, 6.45) is 2.07. The molecule has 1 aromatic rings. The molecular weight excluding hydrogens is 230 g/mol. The van der Waals surface area contributed by atoms with Gasteiger partial charge in [-0.15, -0.1) is 0 Å². The summed E-state index contributed by atoms with van der Waals surface area (Å²) in [6, 6.07) is 1.82. The molecular formula is C13H21N3O2. The molecule has 18 heavy (non-hydrogen) atoms. The van der Waals surface area contributed by atoms with E-state index in [1.165, 1.54) is 0 Å². The van der Waals surface area contributed by atoms with Crippen LogP contribution in [0, 0.1) is 5.92 Å². The van der Waals surface area contributed by atoms with E-state index in [9.17, 15) is 0 Å². The maximum atomic E-state index is 5.66. The van der Waals surface area contributed by atoms with Crippen molar-refractivity contribution < 1.29 is 9.47 Å². The zero-order chi connectivity index (χ0) is 13.0. The van der Waals surface area contributed by atoms with E-state index in [1.807, 2.05) is 13.1 Å². The topological polar surface area (TPSA) is 56.3 Å². The summed E-state index contributed by atoms with van der Waals surface area (Å²) < 4.78 is 11.3.